The van der Waals surface area contributed by atoms with E-state index in [0.29, 0.717) is 12.0 Å². The first-order valence-corrected chi connectivity index (χ1v) is 8.70. The molecule has 0 saturated carbocycles. The lowest BCUT2D eigenvalue weighted by Gasteiger charge is -2.18. The molecule has 1 heterocycles. The van der Waals surface area contributed by atoms with Crippen molar-refractivity contribution in [2.75, 3.05) is 6.54 Å². The third kappa shape index (κ3) is 4.31. The quantitative estimate of drug-likeness (QED) is 0.788. The molecule has 21 heavy (non-hydrogen) atoms. The number of benzene rings is 1. The minimum absolute atomic E-state index is 0.0590. The molecule has 0 fully saturated rings. The number of aromatic nitrogens is 2. The fourth-order valence-electron chi connectivity index (χ4n) is 2.22. The number of nitrogens with one attached hydrogen (secondary N) is 1. The van der Waals surface area contributed by atoms with Crippen molar-refractivity contribution < 1.29 is 4.39 Å². The van der Waals surface area contributed by atoms with Gasteiger partial charge in [-0.1, -0.05) is 34.3 Å². The van der Waals surface area contributed by atoms with Gasteiger partial charge in [-0.2, -0.15) is 0 Å². The lowest BCUT2D eigenvalue weighted by Crippen LogP contribution is -2.24. The van der Waals surface area contributed by atoms with Crippen LogP contribution in [-0.4, -0.2) is 16.1 Å². The molecular formula is C15H19BrFN3S. The van der Waals surface area contributed by atoms with E-state index in [-0.39, 0.29) is 11.9 Å². The highest BCUT2D eigenvalue weighted by atomic mass is 79.9. The van der Waals surface area contributed by atoms with Crippen LogP contribution in [0.1, 0.15) is 42.4 Å². The number of nitrogens with zero attached hydrogens (tertiary/aromatic N) is 2. The summed E-state index contributed by atoms with van der Waals surface area (Å²) in [5.41, 5.74) is 1.71. The molecule has 1 aromatic heterocycles. The molecule has 0 radical (unpaired) electrons. The first kappa shape index (κ1) is 16.5. The van der Waals surface area contributed by atoms with Gasteiger partial charge in [0, 0.05) is 10.5 Å². The fraction of sp³-hybridized carbons (Fsp3) is 0.467. The predicted octanol–water partition coefficient (Wildman–Crippen LogP) is 4.29. The largest absolute Gasteiger partial charge is 0.309 e. The standard InChI is InChI=1S/C15H19BrFN3S/c1-3-7-18-14(15-13(4-2)19-20-21-15)9-10-8-11(16)5-6-12(10)17/h5-6,8,14,18H,3-4,7,9H2,1-2H3. The molecule has 6 heteroatoms. The van der Waals surface area contributed by atoms with Gasteiger partial charge in [0.1, 0.15) is 5.82 Å². The molecule has 114 valence electrons. The minimum Gasteiger partial charge on any atom is -0.309 e. The topological polar surface area (TPSA) is 37.8 Å². The van der Waals surface area contributed by atoms with E-state index in [1.807, 2.05) is 6.07 Å². The molecule has 0 aliphatic carbocycles. The second-order valence-electron chi connectivity index (χ2n) is 4.88. The zero-order valence-corrected chi connectivity index (χ0v) is 14.6. The van der Waals surface area contributed by atoms with Crippen LogP contribution >= 0.6 is 27.5 Å². The van der Waals surface area contributed by atoms with Crippen molar-refractivity contribution in [2.45, 2.75) is 39.2 Å². The third-order valence-corrected chi connectivity index (χ3v) is 4.68. The highest BCUT2D eigenvalue weighted by Crippen LogP contribution is 2.27. The van der Waals surface area contributed by atoms with Crippen LogP contribution in [0, 0.1) is 5.82 Å². The Balaban J connectivity index is 2.26. The Morgan fingerprint density at radius 3 is 2.90 bits per heavy atom. The summed E-state index contributed by atoms with van der Waals surface area (Å²) in [5.74, 6) is -0.169. The number of aryl methyl sites for hydroxylation is 1. The van der Waals surface area contributed by atoms with E-state index in [4.69, 9.17) is 0 Å². The van der Waals surface area contributed by atoms with Crippen molar-refractivity contribution in [2.24, 2.45) is 0 Å². The molecule has 0 spiro atoms. The summed E-state index contributed by atoms with van der Waals surface area (Å²) in [7, 11) is 0. The van der Waals surface area contributed by atoms with Crippen LogP contribution in [0.2, 0.25) is 0 Å². The van der Waals surface area contributed by atoms with Crippen LogP contribution in [0.4, 0.5) is 4.39 Å². The van der Waals surface area contributed by atoms with Gasteiger partial charge in [-0.15, -0.1) is 5.10 Å². The maximum absolute atomic E-state index is 14.0. The van der Waals surface area contributed by atoms with Crippen molar-refractivity contribution in [3.05, 3.63) is 44.6 Å². The van der Waals surface area contributed by atoms with Crippen molar-refractivity contribution in [3.63, 3.8) is 0 Å². The van der Waals surface area contributed by atoms with E-state index >= 15 is 0 Å². The molecular weight excluding hydrogens is 353 g/mol. The smallest absolute Gasteiger partial charge is 0.126 e. The zero-order valence-electron chi connectivity index (χ0n) is 12.2. The predicted molar refractivity (Wildman–Crippen MR) is 88.1 cm³/mol. The molecule has 2 rings (SSSR count). The number of hydrogen-bond acceptors (Lipinski definition) is 4. The number of hydrogen-bond donors (Lipinski definition) is 1. The highest BCUT2D eigenvalue weighted by molar-refractivity contribution is 9.10. The molecule has 0 aliphatic rings. The van der Waals surface area contributed by atoms with E-state index in [1.54, 1.807) is 6.07 Å². The summed E-state index contributed by atoms with van der Waals surface area (Å²) < 4.78 is 18.9. The highest BCUT2D eigenvalue weighted by Gasteiger charge is 2.20. The average Bonchev–Trinajstić information content (AvgIpc) is 2.95. The maximum atomic E-state index is 14.0. The SMILES string of the molecule is CCCNC(Cc1cc(Br)ccc1F)c1snnc1CC. The Kier molecular flexibility index (Phi) is 6.26. The van der Waals surface area contributed by atoms with Gasteiger partial charge in [-0.05, 0) is 61.1 Å². The van der Waals surface area contributed by atoms with Crippen LogP contribution in [0.5, 0.6) is 0 Å². The third-order valence-electron chi connectivity index (χ3n) is 3.31. The Morgan fingerprint density at radius 2 is 2.19 bits per heavy atom. The van der Waals surface area contributed by atoms with Gasteiger partial charge in [0.05, 0.1) is 10.6 Å². The van der Waals surface area contributed by atoms with E-state index in [1.165, 1.54) is 17.6 Å². The van der Waals surface area contributed by atoms with Crippen LogP contribution < -0.4 is 5.32 Å². The van der Waals surface area contributed by atoms with Crippen LogP contribution in [0.25, 0.3) is 0 Å². The van der Waals surface area contributed by atoms with Crippen molar-refractivity contribution in [1.29, 1.82) is 0 Å². The minimum atomic E-state index is -0.169. The lowest BCUT2D eigenvalue weighted by atomic mass is 10.0. The van der Waals surface area contributed by atoms with E-state index in [2.05, 4.69) is 44.7 Å². The molecule has 3 nitrogen and oxygen atoms in total. The van der Waals surface area contributed by atoms with E-state index < -0.39 is 0 Å². The Hall–Kier alpha value is -0.850. The monoisotopic (exact) mass is 371 g/mol. The van der Waals surface area contributed by atoms with Gasteiger partial charge in [0.15, 0.2) is 0 Å². The van der Waals surface area contributed by atoms with Crippen molar-refractivity contribution >= 4 is 27.5 Å². The van der Waals surface area contributed by atoms with Crippen molar-refractivity contribution in [3.8, 4) is 0 Å². The number of halogens is 2. The van der Waals surface area contributed by atoms with Gasteiger partial charge < -0.3 is 5.32 Å². The van der Waals surface area contributed by atoms with Gasteiger partial charge >= 0.3 is 0 Å². The van der Waals surface area contributed by atoms with Gasteiger partial charge in [0.25, 0.3) is 0 Å². The van der Waals surface area contributed by atoms with Crippen molar-refractivity contribution in [1.82, 2.24) is 14.9 Å². The normalized spacial score (nSPS) is 12.6. The zero-order chi connectivity index (χ0) is 15.2. The summed E-state index contributed by atoms with van der Waals surface area (Å²) in [6.07, 6.45) is 2.48. The lowest BCUT2D eigenvalue weighted by molar-refractivity contribution is 0.515. The Bertz CT molecular complexity index is 588. The van der Waals surface area contributed by atoms with Gasteiger partial charge in [0.2, 0.25) is 0 Å². The van der Waals surface area contributed by atoms with E-state index in [0.717, 1.165) is 34.4 Å². The van der Waals surface area contributed by atoms with E-state index in [9.17, 15) is 4.39 Å². The molecule has 0 bridgehead atoms. The summed E-state index contributed by atoms with van der Waals surface area (Å²) in [6, 6.07) is 5.13. The average molecular weight is 372 g/mol. The summed E-state index contributed by atoms with van der Waals surface area (Å²) in [5, 5.41) is 7.66. The van der Waals surface area contributed by atoms with Gasteiger partial charge in [-0.25, -0.2) is 4.39 Å². The van der Waals surface area contributed by atoms with Crippen LogP contribution in [-0.2, 0) is 12.8 Å². The number of rotatable bonds is 7. The fourth-order valence-corrected chi connectivity index (χ4v) is 3.44. The second-order valence-corrected chi connectivity index (χ2v) is 6.59. The molecule has 1 aromatic carbocycles. The Morgan fingerprint density at radius 1 is 1.38 bits per heavy atom. The summed E-state index contributed by atoms with van der Waals surface area (Å²) in [4.78, 5) is 1.12. The molecule has 0 saturated heterocycles. The molecule has 1 atom stereocenters. The molecule has 2 aromatic rings. The Labute approximate surface area is 137 Å². The first-order valence-electron chi connectivity index (χ1n) is 7.14. The molecule has 1 N–H and O–H groups in total. The molecule has 0 aliphatic heterocycles. The molecule has 1 unspecified atom stereocenters. The maximum Gasteiger partial charge on any atom is 0.126 e. The molecule has 0 amide bonds. The van der Waals surface area contributed by atoms with Crippen LogP contribution in [0.15, 0.2) is 22.7 Å². The summed E-state index contributed by atoms with van der Waals surface area (Å²) in [6.45, 7) is 5.08. The first-order chi connectivity index (χ1) is 10.2. The second kappa shape index (κ2) is 7.96. The van der Waals surface area contributed by atoms with Crippen LogP contribution in [0.3, 0.4) is 0 Å². The summed E-state index contributed by atoms with van der Waals surface area (Å²) >= 11 is 4.81. The van der Waals surface area contributed by atoms with Gasteiger partial charge in [-0.3, -0.25) is 0 Å².